The third-order valence-corrected chi connectivity index (χ3v) is 8.18. The Labute approximate surface area is 238 Å². The summed E-state index contributed by atoms with van der Waals surface area (Å²) in [5.74, 6) is -3.25. The van der Waals surface area contributed by atoms with Crippen LogP contribution in [0.5, 0.6) is 0 Å². The van der Waals surface area contributed by atoms with Gasteiger partial charge in [-0.05, 0) is 51.9 Å². The van der Waals surface area contributed by atoms with E-state index >= 15 is 0 Å². The van der Waals surface area contributed by atoms with E-state index in [1.54, 1.807) is 0 Å². The molecular weight excluding hydrogens is 494 g/mol. The zero-order valence-electron chi connectivity index (χ0n) is 25.5. The molecule has 228 valence electrons. The minimum atomic E-state index is -1.08. The van der Waals surface area contributed by atoms with Crippen molar-refractivity contribution in [1.29, 1.82) is 0 Å². The fourth-order valence-corrected chi connectivity index (χ4v) is 6.23. The van der Waals surface area contributed by atoms with E-state index in [1.165, 1.54) is 57.8 Å². The van der Waals surface area contributed by atoms with E-state index in [1.807, 2.05) is 20.8 Å². The van der Waals surface area contributed by atoms with Gasteiger partial charge in [-0.3, -0.25) is 4.48 Å². The van der Waals surface area contributed by atoms with E-state index in [0.29, 0.717) is 25.7 Å². The summed E-state index contributed by atoms with van der Waals surface area (Å²) in [6.45, 7) is 7.97. The smallest absolute Gasteiger partial charge is 0.362 e. The Morgan fingerprint density at radius 2 is 0.872 bits per heavy atom. The van der Waals surface area contributed by atoms with Crippen molar-refractivity contribution in [3.63, 3.8) is 0 Å². The van der Waals surface area contributed by atoms with Gasteiger partial charge in [0.15, 0.2) is 18.1 Å². The molecule has 0 aliphatic heterocycles. The van der Waals surface area contributed by atoms with Crippen molar-refractivity contribution in [2.75, 3.05) is 6.54 Å². The molecule has 3 N–H and O–H groups in total. The van der Waals surface area contributed by atoms with Crippen molar-refractivity contribution in [3.8, 4) is 0 Å². The Morgan fingerprint density at radius 1 is 0.564 bits per heavy atom. The van der Waals surface area contributed by atoms with Gasteiger partial charge in [-0.1, -0.05) is 90.7 Å². The third-order valence-electron chi connectivity index (χ3n) is 8.18. The molecule has 0 saturated heterocycles. The molecule has 0 aliphatic rings. The zero-order valence-corrected chi connectivity index (χ0v) is 25.5. The number of hydrogen-bond donors (Lipinski definition) is 3. The summed E-state index contributed by atoms with van der Waals surface area (Å²) in [4.78, 5) is 37.7. The first-order chi connectivity index (χ1) is 18.7. The van der Waals surface area contributed by atoms with Crippen LogP contribution in [0.2, 0.25) is 0 Å². The molecular formula is C32H60NO6+. The van der Waals surface area contributed by atoms with Crippen LogP contribution in [-0.2, 0) is 14.4 Å². The molecule has 0 saturated carbocycles. The zero-order chi connectivity index (χ0) is 29.5. The molecule has 39 heavy (non-hydrogen) atoms. The minimum Gasteiger partial charge on any atom is -0.477 e. The molecule has 3 unspecified atom stereocenters. The lowest BCUT2D eigenvalue weighted by molar-refractivity contribution is -0.973. The molecule has 0 fully saturated rings. The van der Waals surface area contributed by atoms with E-state index in [4.69, 9.17) is 0 Å². The molecule has 0 amide bonds. The predicted molar refractivity (Wildman–Crippen MR) is 159 cm³/mol. The van der Waals surface area contributed by atoms with Crippen LogP contribution in [0.3, 0.4) is 0 Å². The lowest BCUT2D eigenvalue weighted by Crippen LogP contribution is -2.72. The number of carbonyl (C=O) groups is 3. The number of nitrogens with zero attached hydrogens (tertiary/aromatic N) is 1. The maximum atomic E-state index is 12.6. The number of aliphatic carboxylic acids is 3. The SMILES string of the molecule is C/C=C/CCCCCCCCCCCCCC[N+](C(CCC)C(=O)O)(C(CCC)C(=O)O)C(CCC)C(=O)O. The number of carboxylic acids is 3. The number of rotatable bonds is 27. The first kappa shape index (κ1) is 37.1. The van der Waals surface area contributed by atoms with Crippen LogP contribution in [0, 0.1) is 0 Å². The van der Waals surface area contributed by atoms with Crippen LogP contribution in [-0.4, -0.2) is 62.4 Å². The molecule has 0 aromatic rings. The lowest BCUT2D eigenvalue weighted by atomic mass is 9.91. The highest BCUT2D eigenvalue weighted by Gasteiger charge is 2.56. The quantitative estimate of drug-likeness (QED) is 0.0536. The molecule has 7 heteroatoms. The van der Waals surface area contributed by atoms with Crippen molar-refractivity contribution in [2.24, 2.45) is 0 Å². The van der Waals surface area contributed by atoms with Gasteiger partial charge in [0.05, 0.1) is 6.54 Å². The van der Waals surface area contributed by atoms with Crippen LogP contribution < -0.4 is 0 Å². The van der Waals surface area contributed by atoms with Gasteiger partial charge >= 0.3 is 17.9 Å². The van der Waals surface area contributed by atoms with Crippen LogP contribution in [0.1, 0.15) is 150 Å². The highest BCUT2D eigenvalue weighted by molar-refractivity contribution is 5.78. The van der Waals surface area contributed by atoms with Crippen molar-refractivity contribution in [2.45, 2.75) is 168 Å². The number of unbranched alkanes of at least 4 members (excludes halogenated alkanes) is 12. The molecule has 0 radical (unpaired) electrons. The Morgan fingerprint density at radius 3 is 1.15 bits per heavy atom. The predicted octanol–water partition coefficient (Wildman–Crippen LogP) is 8.21. The van der Waals surface area contributed by atoms with E-state index in [2.05, 4.69) is 19.1 Å². The average Bonchev–Trinajstić information content (AvgIpc) is 2.89. The summed E-state index contributed by atoms with van der Waals surface area (Å²) in [6, 6.07) is -3.13. The molecule has 7 nitrogen and oxygen atoms in total. The number of carboxylic acid groups (broad SMARTS) is 3. The number of quaternary nitrogens is 1. The fraction of sp³-hybridized carbons (Fsp3) is 0.844. The van der Waals surface area contributed by atoms with E-state index in [9.17, 15) is 29.7 Å². The molecule has 0 rings (SSSR count). The second-order valence-electron chi connectivity index (χ2n) is 11.2. The van der Waals surface area contributed by atoms with Gasteiger partial charge in [0, 0.05) is 19.3 Å². The molecule has 0 spiro atoms. The van der Waals surface area contributed by atoms with Crippen LogP contribution >= 0.6 is 0 Å². The van der Waals surface area contributed by atoms with E-state index in [-0.39, 0.29) is 30.3 Å². The largest absolute Gasteiger partial charge is 0.477 e. The highest BCUT2D eigenvalue weighted by Crippen LogP contribution is 2.34. The van der Waals surface area contributed by atoms with Gasteiger partial charge in [-0.25, -0.2) is 14.4 Å². The first-order valence-corrected chi connectivity index (χ1v) is 15.9. The van der Waals surface area contributed by atoms with E-state index in [0.717, 1.165) is 19.3 Å². The van der Waals surface area contributed by atoms with Crippen molar-refractivity contribution >= 4 is 17.9 Å². The van der Waals surface area contributed by atoms with Crippen LogP contribution in [0.15, 0.2) is 12.2 Å². The molecule has 0 bridgehead atoms. The van der Waals surface area contributed by atoms with E-state index < -0.39 is 36.0 Å². The standard InChI is InChI=1S/C32H59NO6/c1-5-9-10-11-12-13-14-15-16-17-18-19-20-21-22-26-33(27(23-6-2)30(34)35,28(24-7-3)31(36)37)29(25-8-4)32(38)39/h5,9,27-29H,6-8,10-26H2,1-4H3,(H2-,34,35,36,37,38,39)/p+1/b9-5+. The Balaban J connectivity index is 5.17. The first-order valence-electron chi connectivity index (χ1n) is 15.9. The molecule has 3 atom stereocenters. The average molecular weight is 555 g/mol. The summed E-state index contributed by atoms with van der Waals surface area (Å²) in [7, 11) is 0. The summed E-state index contributed by atoms with van der Waals surface area (Å²) in [5.41, 5.74) is 0. The summed E-state index contributed by atoms with van der Waals surface area (Å²) < 4.78 is -0.371. The fourth-order valence-electron chi connectivity index (χ4n) is 6.23. The van der Waals surface area contributed by atoms with Crippen molar-refractivity contribution < 1.29 is 34.2 Å². The van der Waals surface area contributed by atoms with Crippen LogP contribution in [0.25, 0.3) is 0 Å². The maximum Gasteiger partial charge on any atom is 0.362 e. The van der Waals surface area contributed by atoms with Gasteiger partial charge in [0.2, 0.25) is 0 Å². The molecule has 0 heterocycles. The topological polar surface area (TPSA) is 112 Å². The molecule has 0 aromatic carbocycles. The normalized spacial score (nSPS) is 15.6. The lowest BCUT2D eigenvalue weighted by Gasteiger charge is -2.50. The second-order valence-corrected chi connectivity index (χ2v) is 11.2. The number of hydrogen-bond acceptors (Lipinski definition) is 3. The Kier molecular flexibility index (Phi) is 21.8. The number of allylic oxidation sites excluding steroid dienone is 2. The van der Waals surface area contributed by atoms with Gasteiger partial charge in [-0.2, -0.15) is 0 Å². The van der Waals surface area contributed by atoms with Crippen LogP contribution in [0.4, 0.5) is 0 Å². The second kappa shape index (κ2) is 22.9. The van der Waals surface area contributed by atoms with Gasteiger partial charge < -0.3 is 15.3 Å². The third kappa shape index (κ3) is 13.8. The van der Waals surface area contributed by atoms with Gasteiger partial charge in [0.1, 0.15) is 0 Å². The molecule has 0 aliphatic carbocycles. The monoisotopic (exact) mass is 554 g/mol. The van der Waals surface area contributed by atoms with Gasteiger partial charge in [-0.15, -0.1) is 0 Å². The summed E-state index contributed by atoms with van der Waals surface area (Å²) in [5, 5.41) is 30.8. The maximum absolute atomic E-state index is 12.6. The Bertz CT molecular complexity index is 632. The highest BCUT2D eigenvalue weighted by atomic mass is 16.4. The summed E-state index contributed by atoms with van der Waals surface area (Å²) in [6.07, 6.45) is 21.8. The minimum absolute atomic E-state index is 0.270. The molecule has 0 aromatic heterocycles. The van der Waals surface area contributed by atoms with Crippen molar-refractivity contribution in [1.82, 2.24) is 0 Å². The van der Waals surface area contributed by atoms with Gasteiger partial charge in [0.25, 0.3) is 0 Å². The van der Waals surface area contributed by atoms with Crippen molar-refractivity contribution in [3.05, 3.63) is 12.2 Å². The Hall–Kier alpha value is -1.89. The summed E-state index contributed by atoms with van der Waals surface area (Å²) >= 11 is 0.